The molecule has 99 valence electrons. The van der Waals surface area contributed by atoms with Crippen LogP contribution in [0.2, 0.25) is 0 Å². The smallest absolute Gasteiger partial charge is 0.123 e. The minimum Gasteiger partial charge on any atom is -0.507 e. The summed E-state index contributed by atoms with van der Waals surface area (Å²) in [5, 5.41) is 10.5. The predicted octanol–water partition coefficient (Wildman–Crippen LogP) is 4.83. The van der Waals surface area contributed by atoms with Crippen LogP contribution in [0.4, 0.5) is 0 Å². The summed E-state index contributed by atoms with van der Waals surface area (Å²) >= 11 is 0. The van der Waals surface area contributed by atoms with Gasteiger partial charge in [-0.05, 0) is 35.4 Å². The lowest BCUT2D eigenvalue weighted by Gasteiger charge is -2.27. The fourth-order valence-corrected chi connectivity index (χ4v) is 2.03. The van der Waals surface area contributed by atoms with Gasteiger partial charge >= 0.3 is 0 Å². The number of allylic oxidation sites excluding steroid dienone is 1. The summed E-state index contributed by atoms with van der Waals surface area (Å²) in [7, 11) is 0. The molecular formula is C17H25O. The van der Waals surface area contributed by atoms with Crippen LogP contribution in [0.25, 0.3) is 6.08 Å². The molecule has 0 aliphatic heterocycles. The first kappa shape index (κ1) is 14.8. The summed E-state index contributed by atoms with van der Waals surface area (Å²) in [5.41, 5.74) is 2.92. The summed E-state index contributed by atoms with van der Waals surface area (Å²) in [6.45, 7) is 16.4. The van der Waals surface area contributed by atoms with E-state index < -0.39 is 0 Å². The Kier molecular flexibility index (Phi) is 3.95. The van der Waals surface area contributed by atoms with E-state index in [1.807, 2.05) is 18.2 Å². The maximum Gasteiger partial charge on any atom is 0.123 e. The highest BCUT2D eigenvalue weighted by Crippen LogP contribution is 2.39. The topological polar surface area (TPSA) is 20.2 Å². The lowest BCUT2D eigenvalue weighted by molar-refractivity contribution is 0.423. The van der Waals surface area contributed by atoms with Crippen molar-refractivity contribution >= 4 is 6.08 Å². The first-order valence-corrected chi connectivity index (χ1v) is 6.41. The second kappa shape index (κ2) is 4.79. The van der Waals surface area contributed by atoms with Gasteiger partial charge in [-0.25, -0.2) is 0 Å². The molecule has 0 aromatic heterocycles. The number of phenols is 1. The van der Waals surface area contributed by atoms with Crippen LogP contribution >= 0.6 is 0 Å². The van der Waals surface area contributed by atoms with Crippen molar-refractivity contribution in [2.45, 2.75) is 52.4 Å². The van der Waals surface area contributed by atoms with Gasteiger partial charge in [0.25, 0.3) is 0 Å². The average Bonchev–Trinajstić information content (AvgIpc) is 2.17. The van der Waals surface area contributed by atoms with Crippen molar-refractivity contribution in [3.63, 3.8) is 0 Å². The van der Waals surface area contributed by atoms with Crippen molar-refractivity contribution < 1.29 is 5.11 Å². The zero-order valence-electron chi connectivity index (χ0n) is 12.5. The number of rotatable bonds is 1. The SMILES string of the molecule is [CH2]C=Cc1cc(C(C)(C)C)c(O)c(C(C)(C)C)c1. The lowest BCUT2D eigenvalue weighted by atomic mass is 9.78. The first-order valence-electron chi connectivity index (χ1n) is 6.41. The maximum absolute atomic E-state index is 10.5. The molecule has 1 aromatic carbocycles. The zero-order chi connectivity index (χ0) is 14.1. The van der Waals surface area contributed by atoms with E-state index in [-0.39, 0.29) is 10.8 Å². The van der Waals surface area contributed by atoms with Gasteiger partial charge in [0.15, 0.2) is 0 Å². The van der Waals surface area contributed by atoms with Crippen LogP contribution < -0.4 is 0 Å². The van der Waals surface area contributed by atoms with Crippen LogP contribution in [0, 0.1) is 6.92 Å². The normalized spacial score (nSPS) is 13.3. The van der Waals surface area contributed by atoms with E-state index in [1.165, 1.54) is 0 Å². The van der Waals surface area contributed by atoms with E-state index in [1.54, 1.807) is 6.08 Å². The van der Waals surface area contributed by atoms with Gasteiger partial charge in [0.1, 0.15) is 5.75 Å². The van der Waals surface area contributed by atoms with Crippen molar-refractivity contribution in [1.82, 2.24) is 0 Å². The number of hydrogen-bond acceptors (Lipinski definition) is 1. The molecule has 0 spiro atoms. The van der Waals surface area contributed by atoms with Crippen LogP contribution in [-0.2, 0) is 10.8 Å². The molecule has 0 aliphatic carbocycles. The molecule has 0 saturated heterocycles. The highest BCUT2D eigenvalue weighted by molar-refractivity contribution is 5.59. The minimum atomic E-state index is -0.0743. The molecule has 0 fully saturated rings. The third kappa shape index (κ3) is 3.16. The third-order valence-corrected chi connectivity index (χ3v) is 3.06. The highest BCUT2D eigenvalue weighted by atomic mass is 16.3. The van der Waals surface area contributed by atoms with Crippen LogP contribution in [0.1, 0.15) is 58.2 Å². The van der Waals surface area contributed by atoms with Crippen molar-refractivity contribution in [2.75, 3.05) is 0 Å². The van der Waals surface area contributed by atoms with E-state index in [0.717, 1.165) is 16.7 Å². The standard InChI is InChI=1S/C17H25O/c1-8-9-12-10-13(16(2,3)4)15(18)14(11-12)17(5,6)7/h8-11,18H,1H2,2-7H3. The van der Waals surface area contributed by atoms with Crippen molar-refractivity contribution in [1.29, 1.82) is 0 Å². The molecule has 1 radical (unpaired) electrons. The van der Waals surface area contributed by atoms with Crippen LogP contribution in [-0.4, -0.2) is 5.11 Å². The van der Waals surface area contributed by atoms with Crippen LogP contribution in [0.3, 0.4) is 0 Å². The molecule has 0 bridgehead atoms. The molecule has 0 unspecified atom stereocenters. The minimum absolute atomic E-state index is 0.0743. The zero-order valence-corrected chi connectivity index (χ0v) is 12.5. The van der Waals surface area contributed by atoms with Gasteiger partial charge in [0.05, 0.1) is 0 Å². The Hall–Kier alpha value is -1.24. The van der Waals surface area contributed by atoms with Crippen molar-refractivity contribution in [3.8, 4) is 5.75 Å². The summed E-state index contributed by atoms with van der Waals surface area (Å²) in [6, 6.07) is 4.10. The molecule has 0 aliphatic rings. The molecule has 1 aromatic rings. The molecule has 1 heteroatoms. The van der Waals surface area contributed by atoms with Crippen LogP contribution in [0.5, 0.6) is 5.75 Å². The molecule has 1 rings (SSSR count). The van der Waals surface area contributed by atoms with Gasteiger partial charge in [0, 0.05) is 11.1 Å². The largest absolute Gasteiger partial charge is 0.507 e. The van der Waals surface area contributed by atoms with Gasteiger partial charge in [-0.1, -0.05) is 53.7 Å². The summed E-state index contributed by atoms with van der Waals surface area (Å²) in [4.78, 5) is 0. The quantitative estimate of drug-likeness (QED) is 0.751. The lowest BCUT2D eigenvalue weighted by Crippen LogP contribution is -2.17. The fraction of sp³-hybridized carbons (Fsp3) is 0.471. The number of hydrogen-bond donors (Lipinski definition) is 1. The fourth-order valence-electron chi connectivity index (χ4n) is 2.03. The number of phenolic OH excluding ortho intramolecular Hbond substituents is 1. The van der Waals surface area contributed by atoms with E-state index in [4.69, 9.17) is 0 Å². The third-order valence-electron chi connectivity index (χ3n) is 3.06. The highest BCUT2D eigenvalue weighted by Gasteiger charge is 2.25. The summed E-state index contributed by atoms with van der Waals surface area (Å²) in [5.74, 6) is 0.427. The van der Waals surface area contributed by atoms with Gasteiger partial charge in [0.2, 0.25) is 0 Å². The second-order valence-electron chi connectivity index (χ2n) is 6.87. The Labute approximate surface area is 112 Å². The van der Waals surface area contributed by atoms with Crippen molar-refractivity contribution in [3.05, 3.63) is 41.8 Å². The molecule has 1 N–H and O–H groups in total. The Bertz CT molecular complexity index is 418. The Morgan fingerprint density at radius 3 is 1.61 bits per heavy atom. The summed E-state index contributed by atoms with van der Waals surface area (Å²) < 4.78 is 0. The second-order valence-corrected chi connectivity index (χ2v) is 6.87. The first-order chi connectivity index (χ1) is 8.07. The Balaban J connectivity index is 3.59. The predicted molar refractivity (Wildman–Crippen MR) is 79.9 cm³/mol. The van der Waals surface area contributed by atoms with Gasteiger partial charge in [-0.2, -0.15) is 0 Å². The Morgan fingerprint density at radius 1 is 0.944 bits per heavy atom. The number of aromatic hydroxyl groups is 1. The monoisotopic (exact) mass is 245 g/mol. The molecular weight excluding hydrogens is 220 g/mol. The molecule has 0 amide bonds. The molecule has 18 heavy (non-hydrogen) atoms. The summed E-state index contributed by atoms with van der Waals surface area (Å²) in [6.07, 6.45) is 3.76. The Morgan fingerprint density at radius 2 is 1.33 bits per heavy atom. The van der Waals surface area contributed by atoms with E-state index in [2.05, 4.69) is 48.5 Å². The van der Waals surface area contributed by atoms with Crippen molar-refractivity contribution in [2.24, 2.45) is 0 Å². The van der Waals surface area contributed by atoms with Gasteiger partial charge in [-0.15, -0.1) is 0 Å². The maximum atomic E-state index is 10.5. The van der Waals surface area contributed by atoms with E-state index in [0.29, 0.717) is 5.75 Å². The molecule has 1 nitrogen and oxygen atoms in total. The van der Waals surface area contributed by atoms with Crippen LogP contribution in [0.15, 0.2) is 18.2 Å². The number of benzene rings is 1. The van der Waals surface area contributed by atoms with E-state index in [9.17, 15) is 5.11 Å². The molecule has 0 heterocycles. The average molecular weight is 245 g/mol. The molecule has 0 atom stereocenters. The van der Waals surface area contributed by atoms with Gasteiger partial charge in [-0.3, -0.25) is 0 Å². The van der Waals surface area contributed by atoms with E-state index >= 15 is 0 Å². The van der Waals surface area contributed by atoms with Gasteiger partial charge < -0.3 is 5.11 Å². The molecule has 0 saturated carbocycles.